The second kappa shape index (κ2) is 5.51. The third-order valence-electron chi connectivity index (χ3n) is 2.44. The van der Waals surface area contributed by atoms with Gasteiger partial charge in [-0.1, -0.05) is 54.1 Å². The van der Waals surface area contributed by atoms with Crippen LogP contribution in [0.5, 0.6) is 0 Å². The molecule has 17 heavy (non-hydrogen) atoms. The van der Waals surface area contributed by atoms with E-state index in [2.05, 4.69) is 0 Å². The number of benzene rings is 2. The van der Waals surface area contributed by atoms with Gasteiger partial charge in [0.15, 0.2) is 6.10 Å². The number of hydrogen-bond donors (Lipinski definition) is 0. The zero-order valence-corrected chi connectivity index (χ0v) is 9.72. The summed E-state index contributed by atoms with van der Waals surface area (Å²) in [4.78, 5) is 10.5. The highest BCUT2D eigenvalue weighted by Gasteiger charge is 2.14. The first kappa shape index (κ1) is 11.7. The van der Waals surface area contributed by atoms with Gasteiger partial charge >= 0.3 is 6.47 Å². The molecule has 0 saturated carbocycles. The van der Waals surface area contributed by atoms with Crippen molar-refractivity contribution in [2.45, 2.75) is 6.10 Å². The van der Waals surface area contributed by atoms with E-state index in [0.29, 0.717) is 5.02 Å². The van der Waals surface area contributed by atoms with Crippen LogP contribution in [-0.4, -0.2) is 6.47 Å². The van der Waals surface area contributed by atoms with Crippen LogP contribution in [0.4, 0.5) is 0 Å². The Kier molecular flexibility index (Phi) is 3.78. The first-order chi connectivity index (χ1) is 8.31. The summed E-state index contributed by atoms with van der Waals surface area (Å²) >= 11 is 5.82. The monoisotopic (exact) mass is 245 g/mol. The summed E-state index contributed by atoms with van der Waals surface area (Å²) < 4.78 is 5.01. The average molecular weight is 246 g/mol. The van der Waals surface area contributed by atoms with Crippen molar-refractivity contribution in [1.82, 2.24) is 0 Å². The van der Waals surface area contributed by atoms with Crippen LogP contribution < -0.4 is 0 Å². The molecule has 85 valence electrons. The average Bonchev–Trinajstić information content (AvgIpc) is 2.38. The smallest absolute Gasteiger partial charge is 0.418 e. The molecule has 2 aromatic rings. The molecule has 0 aliphatic rings. The summed E-state index contributed by atoms with van der Waals surface area (Å²) in [5, 5.41) is 0.649. The summed E-state index contributed by atoms with van der Waals surface area (Å²) in [6.07, 6.45) is -0.439. The maximum atomic E-state index is 10.5. The van der Waals surface area contributed by atoms with Crippen LogP contribution in [0, 0.1) is 0 Å². The van der Waals surface area contributed by atoms with Crippen molar-refractivity contribution in [3.8, 4) is 0 Å². The highest BCUT2D eigenvalue weighted by molar-refractivity contribution is 6.30. The molecule has 0 bridgehead atoms. The zero-order chi connectivity index (χ0) is 12.1. The topological polar surface area (TPSA) is 26.3 Å². The van der Waals surface area contributed by atoms with Crippen LogP contribution in [0.15, 0.2) is 54.6 Å². The molecule has 0 spiro atoms. The molecular weight excluding hydrogens is 236 g/mol. The SMILES string of the molecule is O=[C]OC(c1ccccc1)c1ccc(Cl)cc1. The Balaban J connectivity index is 2.35. The summed E-state index contributed by atoms with van der Waals surface area (Å²) in [6.45, 7) is 1.50. The van der Waals surface area contributed by atoms with Gasteiger partial charge in [-0.25, -0.2) is 4.79 Å². The van der Waals surface area contributed by atoms with Crippen LogP contribution in [0.2, 0.25) is 5.02 Å². The van der Waals surface area contributed by atoms with Gasteiger partial charge in [0.1, 0.15) is 0 Å². The predicted molar refractivity (Wildman–Crippen MR) is 66.5 cm³/mol. The summed E-state index contributed by atoms with van der Waals surface area (Å²) in [6, 6.07) is 16.7. The summed E-state index contributed by atoms with van der Waals surface area (Å²) in [7, 11) is 0. The molecule has 0 aliphatic heterocycles. The molecule has 0 aromatic heterocycles. The molecule has 0 N–H and O–H groups in total. The Morgan fingerprint density at radius 3 is 2.12 bits per heavy atom. The van der Waals surface area contributed by atoms with Crippen molar-refractivity contribution < 1.29 is 9.53 Å². The Morgan fingerprint density at radius 2 is 1.53 bits per heavy atom. The Hall–Kier alpha value is -1.80. The van der Waals surface area contributed by atoms with Gasteiger partial charge in [-0.3, -0.25) is 0 Å². The van der Waals surface area contributed by atoms with Crippen LogP contribution in [0.25, 0.3) is 0 Å². The number of ether oxygens (including phenoxy) is 1. The molecule has 3 heteroatoms. The molecule has 2 aromatic carbocycles. The lowest BCUT2D eigenvalue weighted by Gasteiger charge is -2.15. The van der Waals surface area contributed by atoms with E-state index in [1.54, 1.807) is 12.1 Å². The lowest BCUT2D eigenvalue weighted by molar-refractivity contribution is 0.216. The molecule has 1 atom stereocenters. The van der Waals surface area contributed by atoms with Crippen molar-refractivity contribution in [2.75, 3.05) is 0 Å². The van der Waals surface area contributed by atoms with Crippen molar-refractivity contribution in [1.29, 1.82) is 0 Å². The minimum Gasteiger partial charge on any atom is -0.444 e. The lowest BCUT2D eigenvalue weighted by Crippen LogP contribution is -2.04. The van der Waals surface area contributed by atoms with Gasteiger partial charge in [0.2, 0.25) is 0 Å². The van der Waals surface area contributed by atoms with Crippen molar-refractivity contribution in [2.24, 2.45) is 0 Å². The Bertz CT molecular complexity index is 479. The molecule has 1 radical (unpaired) electrons. The van der Waals surface area contributed by atoms with Crippen LogP contribution >= 0.6 is 11.6 Å². The molecule has 2 rings (SSSR count). The molecular formula is C14H10ClO2. The standard InChI is InChI=1S/C14H10ClO2/c15-13-8-6-12(7-9-13)14(17-10-16)11-4-2-1-3-5-11/h1-9,14H. The maximum absolute atomic E-state index is 10.5. The first-order valence-electron chi connectivity index (χ1n) is 5.14. The molecule has 0 amide bonds. The molecule has 0 aliphatic carbocycles. The molecule has 0 heterocycles. The van der Waals surface area contributed by atoms with E-state index in [1.807, 2.05) is 42.5 Å². The number of rotatable bonds is 4. The lowest BCUT2D eigenvalue weighted by atomic mass is 10.0. The summed E-state index contributed by atoms with van der Waals surface area (Å²) in [5.74, 6) is 0. The minimum absolute atomic E-state index is 0.439. The normalized spacial score (nSPS) is 11.8. The Labute approximate surface area is 105 Å². The van der Waals surface area contributed by atoms with Gasteiger partial charge < -0.3 is 4.74 Å². The van der Waals surface area contributed by atoms with E-state index >= 15 is 0 Å². The van der Waals surface area contributed by atoms with E-state index in [4.69, 9.17) is 16.3 Å². The van der Waals surface area contributed by atoms with Crippen molar-refractivity contribution >= 4 is 18.1 Å². The van der Waals surface area contributed by atoms with E-state index in [1.165, 1.54) is 6.47 Å². The van der Waals surface area contributed by atoms with E-state index in [9.17, 15) is 4.79 Å². The fourth-order valence-corrected chi connectivity index (χ4v) is 1.77. The number of hydrogen-bond acceptors (Lipinski definition) is 2. The van der Waals surface area contributed by atoms with Gasteiger partial charge in [0.25, 0.3) is 0 Å². The van der Waals surface area contributed by atoms with Crippen molar-refractivity contribution in [3.05, 3.63) is 70.7 Å². The highest BCUT2D eigenvalue weighted by Crippen LogP contribution is 2.26. The fourth-order valence-electron chi connectivity index (χ4n) is 1.64. The third-order valence-corrected chi connectivity index (χ3v) is 2.69. The van der Waals surface area contributed by atoms with E-state index < -0.39 is 6.10 Å². The predicted octanol–water partition coefficient (Wildman–Crippen LogP) is 3.51. The second-order valence-corrected chi connectivity index (χ2v) is 3.98. The minimum atomic E-state index is -0.439. The highest BCUT2D eigenvalue weighted by atomic mass is 35.5. The number of halogens is 1. The molecule has 2 nitrogen and oxygen atoms in total. The zero-order valence-electron chi connectivity index (χ0n) is 8.97. The van der Waals surface area contributed by atoms with Gasteiger partial charge in [-0.2, -0.15) is 0 Å². The fraction of sp³-hybridized carbons (Fsp3) is 0.0714. The van der Waals surface area contributed by atoms with Crippen LogP contribution in [0.3, 0.4) is 0 Å². The second-order valence-electron chi connectivity index (χ2n) is 3.54. The van der Waals surface area contributed by atoms with Gasteiger partial charge in [-0.15, -0.1) is 0 Å². The third kappa shape index (κ3) is 2.86. The van der Waals surface area contributed by atoms with Gasteiger partial charge in [0, 0.05) is 5.02 Å². The van der Waals surface area contributed by atoms with Gasteiger partial charge in [-0.05, 0) is 23.3 Å². The molecule has 1 unspecified atom stereocenters. The number of carbonyl (C=O) groups excluding carboxylic acids is 1. The van der Waals surface area contributed by atoms with Gasteiger partial charge in [0.05, 0.1) is 0 Å². The molecule has 0 saturated heterocycles. The quantitative estimate of drug-likeness (QED) is 0.824. The van der Waals surface area contributed by atoms with E-state index in [-0.39, 0.29) is 0 Å². The first-order valence-corrected chi connectivity index (χ1v) is 5.52. The molecule has 0 fully saturated rings. The van der Waals surface area contributed by atoms with Crippen LogP contribution in [0.1, 0.15) is 17.2 Å². The largest absolute Gasteiger partial charge is 0.444 e. The maximum Gasteiger partial charge on any atom is 0.418 e. The van der Waals surface area contributed by atoms with Crippen LogP contribution in [-0.2, 0) is 9.53 Å². The van der Waals surface area contributed by atoms with Crippen molar-refractivity contribution in [3.63, 3.8) is 0 Å². The Morgan fingerprint density at radius 1 is 0.941 bits per heavy atom. The summed E-state index contributed by atoms with van der Waals surface area (Å²) in [5.41, 5.74) is 1.77. The van der Waals surface area contributed by atoms with E-state index in [0.717, 1.165) is 11.1 Å².